The lowest BCUT2D eigenvalue weighted by Gasteiger charge is -2.20. The minimum atomic E-state index is -0.478. The van der Waals surface area contributed by atoms with Crippen molar-refractivity contribution in [2.24, 2.45) is 5.92 Å². The number of ether oxygens (including phenoxy) is 3. The molecule has 2 aromatic rings. The van der Waals surface area contributed by atoms with Gasteiger partial charge in [-0.15, -0.1) is 0 Å². The van der Waals surface area contributed by atoms with Gasteiger partial charge in [-0.3, -0.25) is 9.59 Å². The molecule has 0 bridgehead atoms. The zero-order valence-electron chi connectivity index (χ0n) is 16.3. The van der Waals surface area contributed by atoms with Crippen molar-refractivity contribution < 1.29 is 23.8 Å². The fourth-order valence-electron chi connectivity index (χ4n) is 3.20. The van der Waals surface area contributed by atoms with Gasteiger partial charge in [0.05, 0.1) is 32.9 Å². The van der Waals surface area contributed by atoms with Crippen LogP contribution in [0.5, 0.6) is 17.2 Å². The zero-order valence-corrected chi connectivity index (χ0v) is 16.3. The van der Waals surface area contributed by atoms with Crippen molar-refractivity contribution in [3.05, 3.63) is 36.0 Å². The average molecular weight is 385 g/mol. The molecule has 1 aromatic carbocycles. The van der Waals surface area contributed by atoms with Gasteiger partial charge in [-0.1, -0.05) is 6.07 Å². The van der Waals surface area contributed by atoms with Crippen LogP contribution in [-0.4, -0.2) is 44.7 Å². The van der Waals surface area contributed by atoms with Crippen LogP contribution in [0.25, 0.3) is 0 Å². The fourth-order valence-corrected chi connectivity index (χ4v) is 3.20. The van der Waals surface area contributed by atoms with Gasteiger partial charge < -0.3 is 24.4 Å². The maximum Gasteiger partial charge on any atom is 0.230 e. The molecule has 1 saturated heterocycles. The second-order valence-corrected chi connectivity index (χ2v) is 6.44. The number of nitrogens with one attached hydrogen (secondary N) is 1. The molecular weight excluding hydrogens is 362 g/mol. The van der Waals surface area contributed by atoms with Crippen LogP contribution in [-0.2, 0) is 9.59 Å². The molecule has 0 spiro atoms. The summed E-state index contributed by atoms with van der Waals surface area (Å²) < 4.78 is 16.0. The topological polar surface area (TPSA) is 90.0 Å². The Labute approximate surface area is 163 Å². The van der Waals surface area contributed by atoms with Gasteiger partial charge in [0, 0.05) is 30.8 Å². The number of amides is 2. The van der Waals surface area contributed by atoms with Crippen LogP contribution < -0.4 is 24.4 Å². The van der Waals surface area contributed by atoms with Crippen LogP contribution in [0.15, 0.2) is 30.3 Å². The molecule has 0 saturated carbocycles. The number of aryl methyl sites for hydroxylation is 1. The Morgan fingerprint density at radius 2 is 1.82 bits per heavy atom. The number of benzene rings is 1. The summed E-state index contributed by atoms with van der Waals surface area (Å²) in [6.07, 6.45) is 0.119. The molecule has 2 amide bonds. The predicted octanol–water partition coefficient (Wildman–Crippen LogP) is 2.41. The first kappa shape index (κ1) is 19.5. The molecule has 28 heavy (non-hydrogen) atoms. The molecule has 2 heterocycles. The highest BCUT2D eigenvalue weighted by molar-refractivity contribution is 6.03. The zero-order chi connectivity index (χ0) is 20.3. The van der Waals surface area contributed by atoms with Crippen molar-refractivity contribution in [1.82, 2.24) is 4.98 Å². The van der Waals surface area contributed by atoms with Gasteiger partial charge >= 0.3 is 0 Å². The van der Waals surface area contributed by atoms with E-state index in [1.54, 1.807) is 23.1 Å². The highest BCUT2D eigenvalue weighted by Gasteiger charge is 2.36. The van der Waals surface area contributed by atoms with Crippen molar-refractivity contribution in [3.8, 4) is 17.2 Å². The molecule has 8 heteroatoms. The highest BCUT2D eigenvalue weighted by atomic mass is 16.5. The number of hydrogen-bond acceptors (Lipinski definition) is 6. The summed E-state index contributed by atoms with van der Waals surface area (Å²) in [6.45, 7) is 2.11. The maximum absolute atomic E-state index is 12.6. The summed E-state index contributed by atoms with van der Waals surface area (Å²) in [5.74, 6) is 0.953. The molecule has 148 valence electrons. The molecule has 8 nitrogen and oxygen atoms in total. The first-order valence-corrected chi connectivity index (χ1v) is 8.81. The first-order valence-electron chi connectivity index (χ1n) is 8.81. The van der Waals surface area contributed by atoms with E-state index in [1.807, 2.05) is 19.1 Å². The molecule has 1 N–H and O–H groups in total. The number of pyridine rings is 1. The number of nitrogens with zero attached hydrogens (tertiary/aromatic N) is 2. The van der Waals surface area contributed by atoms with E-state index in [0.717, 1.165) is 5.69 Å². The summed E-state index contributed by atoms with van der Waals surface area (Å²) in [6, 6.07) is 8.78. The number of hydrogen-bond donors (Lipinski definition) is 1. The number of carbonyl (C=O) groups excluding carboxylic acids is 2. The third-order valence-electron chi connectivity index (χ3n) is 4.60. The van der Waals surface area contributed by atoms with E-state index in [4.69, 9.17) is 14.2 Å². The molecule has 0 radical (unpaired) electrons. The lowest BCUT2D eigenvalue weighted by Crippen LogP contribution is -2.28. The Bertz CT molecular complexity index is 874. The van der Waals surface area contributed by atoms with Gasteiger partial charge in [0.2, 0.25) is 17.6 Å². The first-order chi connectivity index (χ1) is 13.5. The number of anilines is 2. The van der Waals surface area contributed by atoms with Crippen molar-refractivity contribution in [3.63, 3.8) is 0 Å². The van der Waals surface area contributed by atoms with Gasteiger partial charge in [0.1, 0.15) is 5.82 Å². The van der Waals surface area contributed by atoms with E-state index < -0.39 is 5.92 Å². The molecule has 1 aliphatic rings. The van der Waals surface area contributed by atoms with Crippen LogP contribution >= 0.6 is 0 Å². The standard InChI is InChI=1S/C20H23N3O5/c1-12-6-5-7-17(21-12)22-20(25)13-8-18(24)23(11-13)14-9-15(26-2)19(28-4)16(10-14)27-3/h5-7,9-10,13H,8,11H2,1-4H3,(H,21,22,25). The number of rotatable bonds is 6. The SMILES string of the molecule is COc1cc(N2CC(C(=O)Nc3cccc(C)n3)CC2=O)cc(OC)c1OC. The van der Waals surface area contributed by atoms with Crippen LogP contribution in [0.2, 0.25) is 0 Å². The van der Waals surface area contributed by atoms with Crippen molar-refractivity contribution >= 4 is 23.3 Å². The lowest BCUT2D eigenvalue weighted by molar-refractivity contribution is -0.122. The predicted molar refractivity (Wildman–Crippen MR) is 104 cm³/mol. The smallest absolute Gasteiger partial charge is 0.230 e. The summed E-state index contributed by atoms with van der Waals surface area (Å²) in [4.78, 5) is 31.0. The molecule has 1 aromatic heterocycles. The monoisotopic (exact) mass is 385 g/mol. The van der Waals surface area contributed by atoms with E-state index in [2.05, 4.69) is 10.3 Å². The molecule has 1 unspecified atom stereocenters. The van der Waals surface area contributed by atoms with Gasteiger partial charge in [-0.2, -0.15) is 0 Å². The van der Waals surface area contributed by atoms with E-state index in [-0.39, 0.29) is 24.8 Å². The van der Waals surface area contributed by atoms with Crippen LogP contribution in [0, 0.1) is 12.8 Å². The van der Waals surface area contributed by atoms with Gasteiger partial charge in [0.15, 0.2) is 11.5 Å². The minimum absolute atomic E-state index is 0.119. The Morgan fingerprint density at radius 3 is 2.39 bits per heavy atom. The fraction of sp³-hybridized carbons (Fsp3) is 0.350. The molecule has 1 fully saturated rings. The van der Waals surface area contributed by atoms with Gasteiger partial charge in [-0.25, -0.2) is 4.98 Å². The Morgan fingerprint density at radius 1 is 1.14 bits per heavy atom. The van der Waals surface area contributed by atoms with Gasteiger partial charge in [-0.05, 0) is 19.1 Å². The third-order valence-corrected chi connectivity index (χ3v) is 4.60. The number of methoxy groups -OCH3 is 3. The van der Waals surface area contributed by atoms with Crippen molar-refractivity contribution in [2.45, 2.75) is 13.3 Å². The third kappa shape index (κ3) is 3.85. The van der Waals surface area contributed by atoms with E-state index in [9.17, 15) is 9.59 Å². The lowest BCUT2D eigenvalue weighted by atomic mass is 10.1. The summed E-state index contributed by atoms with van der Waals surface area (Å²) in [7, 11) is 4.54. The minimum Gasteiger partial charge on any atom is -0.493 e. The highest BCUT2D eigenvalue weighted by Crippen LogP contribution is 2.42. The largest absolute Gasteiger partial charge is 0.493 e. The van der Waals surface area contributed by atoms with E-state index in [1.165, 1.54) is 21.3 Å². The van der Waals surface area contributed by atoms with Crippen molar-refractivity contribution in [2.75, 3.05) is 38.1 Å². The molecule has 1 atom stereocenters. The van der Waals surface area contributed by atoms with E-state index in [0.29, 0.717) is 28.8 Å². The molecular formula is C20H23N3O5. The summed E-state index contributed by atoms with van der Waals surface area (Å²) in [5.41, 5.74) is 1.39. The molecule has 1 aliphatic heterocycles. The Hall–Kier alpha value is -3.29. The van der Waals surface area contributed by atoms with Crippen LogP contribution in [0.4, 0.5) is 11.5 Å². The Balaban J connectivity index is 1.80. The number of aromatic nitrogens is 1. The second kappa shape index (κ2) is 8.16. The van der Waals surface area contributed by atoms with Gasteiger partial charge in [0.25, 0.3) is 0 Å². The quantitative estimate of drug-likeness (QED) is 0.821. The second-order valence-electron chi connectivity index (χ2n) is 6.44. The number of carbonyl (C=O) groups is 2. The van der Waals surface area contributed by atoms with Crippen LogP contribution in [0.1, 0.15) is 12.1 Å². The normalized spacial score (nSPS) is 16.1. The summed E-state index contributed by atoms with van der Waals surface area (Å²) >= 11 is 0. The summed E-state index contributed by atoms with van der Waals surface area (Å²) in [5, 5.41) is 2.78. The maximum atomic E-state index is 12.6. The molecule has 3 rings (SSSR count). The average Bonchev–Trinajstić information content (AvgIpc) is 3.08. The van der Waals surface area contributed by atoms with Crippen LogP contribution in [0.3, 0.4) is 0 Å². The van der Waals surface area contributed by atoms with Crippen molar-refractivity contribution in [1.29, 1.82) is 0 Å². The van der Waals surface area contributed by atoms with E-state index >= 15 is 0 Å². The molecule has 0 aliphatic carbocycles. The Kier molecular flexibility index (Phi) is 5.67.